The highest BCUT2D eigenvalue weighted by Gasteiger charge is 2.38. The zero-order valence-electron chi connectivity index (χ0n) is 5.38. The van der Waals surface area contributed by atoms with Crippen molar-refractivity contribution in [3.05, 3.63) is 0 Å². The van der Waals surface area contributed by atoms with Gasteiger partial charge in [0, 0.05) is 6.61 Å². The summed E-state index contributed by atoms with van der Waals surface area (Å²) in [6.45, 7) is 0.209. The molecule has 3 nitrogen and oxygen atoms in total. The van der Waals surface area contributed by atoms with Gasteiger partial charge in [-0.25, -0.2) is 0 Å². The van der Waals surface area contributed by atoms with E-state index in [4.69, 9.17) is 15.9 Å². The van der Waals surface area contributed by atoms with E-state index < -0.39 is 5.72 Å². The third-order valence-electron chi connectivity index (χ3n) is 1.82. The van der Waals surface area contributed by atoms with E-state index in [1.807, 2.05) is 0 Å². The van der Waals surface area contributed by atoms with Gasteiger partial charge in [0.05, 0.1) is 0 Å². The summed E-state index contributed by atoms with van der Waals surface area (Å²) in [6.07, 6.45) is 2.07. The first-order chi connectivity index (χ1) is 4.14. The van der Waals surface area contributed by atoms with Crippen molar-refractivity contribution in [2.45, 2.75) is 25.0 Å². The van der Waals surface area contributed by atoms with Crippen molar-refractivity contribution >= 4 is 0 Å². The van der Waals surface area contributed by atoms with Gasteiger partial charge in [-0.1, -0.05) is 0 Å². The molecule has 9 heavy (non-hydrogen) atoms. The van der Waals surface area contributed by atoms with Crippen molar-refractivity contribution in [1.82, 2.24) is 0 Å². The van der Waals surface area contributed by atoms with Crippen molar-refractivity contribution in [3.63, 3.8) is 0 Å². The van der Waals surface area contributed by atoms with Crippen LogP contribution < -0.4 is 5.73 Å². The minimum Gasteiger partial charge on any atom is -0.396 e. The van der Waals surface area contributed by atoms with Crippen LogP contribution in [-0.4, -0.2) is 22.5 Å². The standard InChI is InChI=1S/C6H13NO2/c7-6(9)3-5(4-6)1-2-8/h5,8-9H,1-4,7H2. The lowest BCUT2D eigenvalue weighted by Gasteiger charge is -2.40. The minimum atomic E-state index is -0.917. The maximum absolute atomic E-state index is 9.01. The molecule has 0 amide bonds. The van der Waals surface area contributed by atoms with Gasteiger partial charge in [-0.3, -0.25) is 0 Å². The number of aliphatic hydroxyl groups is 2. The first kappa shape index (κ1) is 6.99. The lowest BCUT2D eigenvalue weighted by molar-refractivity contribution is -0.0731. The van der Waals surface area contributed by atoms with Crippen LogP contribution in [0.3, 0.4) is 0 Å². The van der Waals surface area contributed by atoms with Gasteiger partial charge in [0.15, 0.2) is 0 Å². The van der Waals surface area contributed by atoms with Crippen LogP contribution in [0.4, 0.5) is 0 Å². The molecule has 0 aromatic heterocycles. The van der Waals surface area contributed by atoms with E-state index in [0.717, 1.165) is 6.42 Å². The van der Waals surface area contributed by atoms with Gasteiger partial charge in [-0.15, -0.1) is 0 Å². The predicted octanol–water partition coefficient (Wildman–Crippen LogP) is -0.574. The van der Waals surface area contributed by atoms with Gasteiger partial charge >= 0.3 is 0 Å². The van der Waals surface area contributed by atoms with Gasteiger partial charge in [0.2, 0.25) is 0 Å². The molecular weight excluding hydrogens is 118 g/mol. The fraction of sp³-hybridized carbons (Fsp3) is 1.00. The fourth-order valence-electron chi connectivity index (χ4n) is 1.33. The van der Waals surface area contributed by atoms with Crippen LogP contribution in [0.15, 0.2) is 0 Å². The quantitative estimate of drug-likeness (QED) is 0.439. The van der Waals surface area contributed by atoms with Crippen LogP contribution in [0.1, 0.15) is 19.3 Å². The van der Waals surface area contributed by atoms with Crippen LogP contribution in [-0.2, 0) is 0 Å². The Bertz CT molecular complexity index is 95.2. The lowest BCUT2D eigenvalue weighted by Crippen LogP contribution is -2.51. The number of nitrogens with two attached hydrogens (primary N) is 1. The zero-order chi connectivity index (χ0) is 6.91. The molecule has 0 aromatic rings. The first-order valence-corrected chi connectivity index (χ1v) is 3.26. The van der Waals surface area contributed by atoms with Crippen LogP contribution in [0.25, 0.3) is 0 Å². The molecule has 1 fully saturated rings. The monoisotopic (exact) mass is 131 g/mol. The molecule has 0 atom stereocenters. The highest BCUT2D eigenvalue weighted by Crippen LogP contribution is 2.35. The number of aliphatic hydroxyl groups excluding tert-OH is 1. The number of hydrogen-bond donors (Lipinski definition) is 3. The molecule has 0 bridgehead atoms. The molecule has 0 heterocycles. The average molecular weight is 131 g/mol. The van der Waals surface area contributed by atoms with Gasteiger partial charge in [0.25, 0.3) is 0 Å². The van der Waals surface area contributed by atoms with Crippen LogP contribution >= 0.6 is 0 Å². The van der Waals surface area contributed by atoms with E-state index in [1.165, 1.54) is 0 Å². The molecule has 0 aliphatic heterocycles. The molecule has 1 aliphatic rings. The summed E-state index contributed by atoms with van der Waals surface area (Å²) in [7, 11) is 0. The molecular formula is C6H13NO2. The first-order valence-electron chi connectivity index (χ1n) is 3.26. The largest absolute Gasteiger partial charge is 0.396 e. The summed E-state index contributed by atoms with van der Waals surface area (Å²) >= 11 is 0. The number of rotatable bonds is 2. The Hall–Kier alpha value is -0.120. The van der Waals surface area contributed by atoms with Crippen molar-refractivity contribution in [2.24, 2.45) is 11.7 Å². The topological polar surface area (TPSA) is 66.5 Å². The lowest BCUT2D eigenvalue weighted by atomic mass is 9.76. The molecule has 1 aliphatic carbocycles. The highest BCUT2D eigenvalue weighted by molar-refractivity contribution is 4.88. The van der Waals surface area contributed by atoms with Crippen molar-refractivity contribution in [1.29, 1.82) is 0 Å². The Morgan fingerprint density at radius 1 is 1.56 bits per heavy atom. The zero-order valence-corrected chi connectivity index (χ0v) is 5.38. The Labute approximate surface area is 54.5 Å². The van der Waals surface area contributed by atoms with Gasteiger partial charge < -0.3 is 15.9 Å². The summed E-state index contributed by atoms with van der Waals surface area (Å²) in [4.78, 5) is 0. The summed E-state index contributed by atoms with van der Waals surface area (Å²) in [5, 5.41) is 17.5. The second-order valence-electron chi connectivity index (χ2n) is 2.89. The molecule has 4 N–H and O–H groups in total. The molecule has 0 aromatic carbocycles. The van der Waals surface area contributed by atoms with Crippen LogP contribution in [0.5, 0.6) is 0 Å². The second-order valence-corrected chi connectivity index (χ2v) is 2.89. The molecule has 54 valence electrons. The maximum Gasteiger partial charge on any atom is 0.114 e. The summed E-state index contributed by atoms with van der Waals surface area (Å²) < 4.78 is 0. The van der Waals surface area contributed by atoms with Gasteiger partial charge in [0.1, 0.15) is 5.72 Å². The highest BCUT2D eigenvalue weighted by atomic mass is 16.3. The van der Waals surface area contributed by atoms with Gasteiger partial charge in [-0.05, 0) is 25.2 Å². The van der Waals surface area contributed by atoms with Crippen LogP contribution in [0, 0.1) is 5.92 Å². The third kappa shape index (κ3) is 1.64. The predicted molar refractivity (Wildman–Crippen MR) is 33.6 cm³/mol. The summed E-state index contributed by atoms with van der Waals surface area (Å²) in [5.41, 5.74) is 4.40. The molecule has 0 spiro atoms. The smallest absolute Gasteiger partial charge is 0.114 e. The van der Waals surface area contributed by atoms with Gasteiger partial charge in [-0.2, -0.15) is 0 Å². The molecule has 0 unspecified atom stereocenters. The van der Waals surface area contributed by atoms with E-state index in [2.05, 4.69) is 0 Å². The molecule has 1 rings (SSSR count). The molecule has 3 heteroatoms. The second kappa shape index (κ2) is 2.25. The Kier molecular flexibility index (Phi) is 1.75. The van der Waals surface area contributed by atoms with E-state index in [0.29, 0.717) is 18.8 Å². The van der Waals surface area contributed by atoms with E-state index in [-0.39, 0.29) is 6.61 Å². The van der Waals surface area contributed by atoms with Crippen molar-refractivity contribution < 1.29 is 10.2 Å². The Morgan fingerprint density at radius 3 is 2.44 bits per heavy atom. The molecule has 1 saturated carbocycles. The third-order valence-corrected chi connectivity index (χ3v) is 1.82. The fourth-order valence-corrected chi connectivity index (χ4v) is 1.33. The summed E-state index contributed by atoms with van der Waals surface area (Å²) in [6, 6.07) is 0. The Balaban J connectivity index is 2.12. The SMILES string of the molecule is NC1(O)CC(CCO)C1. The Morgan fingerprint density at radius 2 is 2.11 bits per heavy atom. The average Bonchev–Trinajstić information content (AvgIpc) is 1.62. The maximum atomic E-state index is 9.01. The number of hydrogen-bond acceptors (Lipinski definition) is 3. The van der Waals surface area contributed by atoms with Crippen molar-refractivity contribution in [2.75, 3.05) is 6.61 Å². The normalized spacial score (nSPS) is 42.3. The van der Waals surface area contributed by atoms with Crippen LogP contribution in [0.2, 0.25) is 0 Å². The molecule has 0 saturated heterocycles. The van der Waals surface area contributed by atoms with E-state index in [1.54, 1.807) is 0 Å². The summed E-state index contributed by atoms with van der Waals surface area (Å²) in [5.74, 6) is 0.449. The van der Waals surface area contributed by atoms with E-state index in [9.17, 15) is 0 Å². The molecule has 0 radical (unpaired) electrons. The minimum absolute atomic E-state index is 0.209. The van der Waals surface area contributed by atoms with E-state index >= 15 is 0 Å². The van der Waals surface area contributed by atoms with Crippen molar-refractivity contribution in [3.8, 4) is 0 Å².